The largest absolute Gasteiger partial charge is 0.444 e. The van der Waals surface area contributed by atoms with Gasteiger partial charge in [-0.2, -0.15) is 5.26 Å². The molecule has 0 amide bonds. The second-order valence-corrected chi connectivity index (χ2v) is 5.43. The third-order valence-electron chi connectivity index (χ3n) is 1.97. The first-order valence-electron chi connectivity index (χ1n) is 4.76. The minimum atomic E-state index is -3.50. The van der Waals surface area contributed by atoms with Crippen molar-refractivity contribution in [1.29, 1.82) is 5.26 Å². The average molecular weight is 253 g/mol. The minimum Gasteiger partial charge on any atom is -0.444 e. The number of nitriles is 1. The Morgan fingerprint density at radius 2 is 2.00 bits per heavy atom. The number of hydrogen-bond donors (Lipinski definition) is 0. The molecule has 0 aliphatic rings. The predicted octanol–water partition coefficient (Wildman–Crippen LogP) is 1.16. The number of carbonyl (C=O) groups is 1. The van der Waals surface area contributed by atoms with Crippen molar-refractivity contribution in [3.05, 3.63) is 29.8 Å². The normalized spacial score (nSPS) is 12.5. The number of rotatable bonds is 3. The van der Waals surface area contributed by atoms with Crippen LogP contribution in [0.5, 0.6) is 0 Å². The van der Waals surface area contributed by atoms with E-state index in [9.17, 15) is 13.2 Å². The van der Waals surface area contributed by atoms with Gasteiger partial charge in [-0.25, -0.2) is 13.2 Å². The van der Waals surface area contributed by atoms with Crippen LogP contribution >= 0.6 is 0 Å². The Balaban J connectivity index is 3.16. The van der Waals surface area contributed by atoms with Crippen molar-refractivity contribution in [3.8, 4) is 6.07 Å². The molecule has 0 aliphatic heterocycles. The van der Waals surface area contributed by atoms with Gasteiger partial charge < -0.3 is 4.74 Å². The highest BCUT2D eigenvalue weighted by molar-refractivity contribution is 7.90. The van der Waals surface area contributed by atoms with Crippen molar-refractivity contribution in [2.75, 3.05) is 6.26 Å². The summed E-state index contributed by atoms with van der Waals surface area (Å²) in [4.78, 5) is 11.5. The fourth-order valence-electron chi connectivity index (χ4n) is 1.21. The van der Waals surface area contributed by atoms with Crippen LogP contribution in [0.4, 0.5) is 0 Å². The molecular weight excluding hydrogens is 242 g/mol. The Morgan fingerprint density at radius 3 is 2.53 bits per heavy atom. The van der Waals surface area contributed by atoms with Gasteiger partial charge in [0.1, 0.15) is 6.07 Å². The summed E-state index contributed by atoms with van der Waals surface area (Å²) >= 11 is 0. The van der Waals surface area contributed by atoms with Crippen molar-refractivity contribution in [3.63, 3.8) is 0 Å². The highest BCUT2D eigenvalue weighted by Gasteiger charge is 2.20. The Bertz CT molecular complexity index is 571. The summed E-state index contributed by atoms with van der Waals surface area (Å²) in [6.07, 6.45) is 0.0856. The molecule has 0 spiro atoms. The van der Waals surface area contributed by atoms with Crippen LogP contribution in [-0.4, -0.2) is 26.7 Å². The summed E-state index contributed by atoms with van der Waals surface area (Å²) in [5, 5.41) is 8.51. The smallest absolute Gasteiger partial charge is 0.340 e. The van der Waals surface area contributed by atoms with E-state index in [1.807, 2.05) is 0 Å². The van der Waals surface area contributed by atoms with Gasteiger partial charge in [0, 0.05) is 6.26 Å². The molecule has 1 rings (SSSR count). The molecule has 0 N–H and O–H groups in total. The van der Waals surface area contributed by atoms with Crippen LogP contribution in [0.2, 0.25) is 0 Å². The second kappa shape index (κ2) is 4.97. The Kier molecular flexibility index (Phi) is 3.86. The molecule has 1 unspecified atom stereocenters. The number of carbonyl (C=O) groups excluding carboxylic acids is 1. The van der Waals surface area contributed by atoms with E-state index in [1.165, 1.54) is 31.2 Å². The molecule has 17 heavy (non-hydrogen) atoms. The van der Waals surface area contributed by atoms with Crippen LogP contribution < -0.4 is 0 Å². The van der Waals surface area contributed by atoms with E-state index in [4.69, 9.17) is 10.00 Å². The second-order valence-electron chi connectivity index (χ2n) is 3.44. The molecule has 5 nitrogen and oxygen atoms in total. The molecule has 0 saturated carbocycles. The summed E-state index contributed by atoms with van der Waals surface area (Å²) in [6.45, 7) is 1.40. The Morgan fingerprint density at radius 1 is 1.41 bits per heavy atom. The van der Waals surface area contributed by atoms with Crippen LogP contribution in [-0.2, 0) is 14.6 Å². The van der Waals surface area contributed by atoms with Gasteiger partial charge in [-0.15, -0.1) is 0 Å². The van der Waals surface area contributed by atoms with Crippen LogP contribution in [0.25, 0.3) is 0 Å². The number of nitrogens with zero attached hydrogens (tertiary/aromatic N) is 1. The first-order valence-corrected chi connectivity index (χ1v) is 6.65. The molecule has 0 aromatic heterocycles. The van der Waals surface area contributed by atoms with Gasteiger partial charge in [-0.3, -0.25) is 0 Å². The van der Waals surface area contributed by atoms with E-state index >= 15 is 0 Å². The highest BCUT2D eigenvalue weighted by Crippen LogP contribution is 2.16. The summed E-state index contributed by atoms with van der Waals surface area (Å²) < 4.78 is 27.6. The topological polar surface area (TPSA) is 84.2 Å². The van der Waals surface area contributed by atoms with E-state index in [1.54, 1.807) is 6.07 Å². The third kappa shape index (κ3) is 3.29. The van der Waals surface area contributed by atoms with Gasteiger partial charge in [0.2, 0.25) is 0 Å². The zero-order valence-corrected chi connectivity index (χ0v) is 10.2. The van der Waals surface area contributed by atoms with Crippen LogP contribution in [0.3, 0.4) is 0 Å². The van der Waals surface area contributed by atoms with Crippen molar-refractivity contribution < 1.29 is 17.9 Å². The minimum absolute atomic E-state index is 0.0582. The molecule has 0 bridgehead atoms. The van der Waals surface area contributed by atoms with Gasteiger partial charge in [0.15, 0.2) is 15.9 Å². The first-order chi connectivity index (χ1) is 7.86. The SMILES string of the molecule is CC(C#N)OC(=O)c1ccccc1S(C)(=O)=O. The van der Waals surface area contributed by atoms with Crippen LogP contribution in [0.1, 0.15) is 17.3 Å². The molecule has 1 aromatic carbocycles. The maximum absolute atomic E-state index is 11.6. The maximum Gasteiger partial charge on any atom is 0.340 e. The summed E-state index contributed by atoms with van der Waals surface area (Å²) in [5.74, 6) is -0.819. The molecule has 0 saturated heterocycles. The van der Waals surface area contributed by atoms with Crippen molar-refractivity contribution in [2.24, 2.45) is 0 Å². The zero-order chi connectivity index (χ0) is 13.1. The fraction of sp³-hybridized carbons (Fsp3) is 0.273. The van der Waals surface area contributed by atoms with Gasteiger partial charge in [0.05, 0.1) is 10.5 Å². The molecule has 0 aliphatic carbocycles. The molecule has 1 aromatic rings. The van der Waals surface area contributed by atoms with Gasteiger partial charge in [0.25, 0.3) is 0 Å². The number of esters is 1. The van der Waals surface area contributed by atoms with Gasteiger partial charge in [-0.1, -0.05) is 12.1 Å². The predicted molar refractivity (Wildman–Crippen MR) is 60.0 cm³/mol. The van der Waals surface area contributed by atoms with E-state index in [-0.39, 0.29) is 10.5 Å². The van der Waals surface area contributed by atoms with E-state index < -0.39 is 21.9 Å². The van der Waals surface area contributed by atoms with Gasteiger partial charge >= 0.3 is 5.97 Å². The highest BCUT2D eigenvalue weighted by atomic mass is 32.2. The Labute approximate surface area is 99.5 Å². The summed E-state index contributed by atoms with van der Waals surface area (Å²) in [7, 11) is -3.50. The maximum atomic E-state index is 11.6. The number of benzene rings is 1. The summed E-state index contributed by atoms with van der Waals surface area (Å²) in [6, 6.07) is 7.45. The average Bonchev–Trinajstić information content (AvgIpc) is 2.27. The monoisotopic (exact) mass is 253 g/mol. The van der Waals surface area contributed by atoms with E-state index in [0.717, 1.165) is 6.26 Å². The van der Waals surface area contributed by atoms with Crippen LogP contribution in [0, 0.1) is 11.3 Å². The molecule has 0 radical (unpaired) electrons. The number of sulfone groups is 1. The lowest BCUT2D eigenvalue weighted by Crippen LogP contribution is -2.16. The van der Waals surface area contributed by atoms with Crippen molar-refractivity contribution in [2.45, 2.75) is 17.9 Å². The summed E-state index contributed by atoms with van der Waals surface area (Å²) in [5.41, 5.74) is -0.0582. The molecule has 90 valence electrons. The fourth-order valence-corrected chi connectivity index (χ4v) is 2.09. The number of ether oxygens (including phenoxy) is 1. The lowest BCUT2D eigenvalue weighted by molar-refractivity contribution is 0.0431. The molecular formula is C11H11NO4S. The zero-order valence-electron chi connectivity index (χ0n) is 9.38. The standard InChI is InChI=1S/C11H11NO4S/c1-8(7-12)16-11(13)9-5-3-4-6-10(9)17(2,14)15/h3-6,8H,1-2H3. The lowest BCUT2D eigenvalue weighted by Gasteiger charge is -2.08. The molecule has 1 atom stereocenters. The van der Waals surface area contributed by atoms with Gasteiger partial charge in [-0.05, 0) is 19.1 Å². The Hall–Kier alpha value is -1.87. The van der Waals surface area contributed by atoms with E-state index in [2.05, 4.69) is 0 Å². The third-order valence-corrected chi connectivity index (χ3v) is 3.13. The van der Waals surface area contributed by atoms with Crippen molar-refractivity contribution in [1.82, 2.24) is 0 Å². The first kappa shape index (κ1) is 13.2. The quantitative estimate of drug-likeness (QED) is 0.755. The molecule has 6 heteroatoms. The lowest BCUT2D eigenvalue weighted by atomic mass is 10.2. The van der Waals surface area contributed by atoms with Crippen molar-refractivity contribution >= 4 is 15.8 Å². The number of hydrogen-bond acceptors (Lipinski definition) is 5. The van der Waals surface area contributed by atoms with Crippen LogP contribution in [0.15, 0.2) is 29.2 Å². The molecule has 0 fully saturated rings. The van der Waals surface area contributed by atoms with E-state index in [0.29, 0.717) is 0 Å². The molecule has 0 heterocycles.